The zero-order chi connectivity index (χ0) is 19.2. The molecule has 0 saturated heterocycles. The van der Waals surface area contributed by atoms with E-state index in [1.54, 1.807) is 19.9 Å². The number of hydrogen-bond donors (Lipinski definition) is 1. The number of anilines is 1. The molecular weight excluding hydrogens is 355 g/mol. The van der Waals surface area contributed by atoms with Crippen molar-refractivity contribution in [2.24, 2.45) is 17.3 Å². The van der Waals surface area contributed by atoms with E-state index in [4.69, 9.17) is 22.1 Å². The van der Waals surface area contributed by atoms with Crippen molar-refractivity contribution in [3.8, 4) is 0 Å². The van der Waals surface area contributed by atoms with Crippen LogP contribution in [0.5, 0.6) is 0 Å². The lowest BCUT2D eigenvalue weighted by Crippen LogP contribution is -2.12. The van der Waals surface area contributed by atoms with Gasteiger partial charge in [-0.15, -0.1) is 0 Å². The maximum absolute atomic E-state index is 12.6. The first kappa shape index (κ1) is 19.6. The van der Waals surface area contributed by atoms with Crippen molar-refractivity contribution in [3.63, 3.8) is 0 Å². The first-order valence-electron chi connectivity index (χ1n) is 7.83. The Balaban J connectivity index is 2.09. The van der Waals surface area contributed by atoms with Gasteiger partial charge in [0.05, 0.1) is 5.92 Å². The van der Waals surface area contributed by atoms with Gasteiger partial charge in [0.25, 0.3) is 0 Å². The van der Waals surface area contributed by atoms with E-state index in [1.807, 2.05) is 19.9 Å². The largest absolute Gasteiger partial charge is 0.461 e. The molecule has 2 rings (SSSR count). The molecule has 0 spiro atoms. The number of carbonyl (C=O) groups is 1. The van der Waals surface area contributed by atoms with Gasteiger partial charge in [-0.25, -0.2) is 0 Å². The maximum Gasteiger partial charge on any atom is 0.426 e. The highest BCUT2D eigenvalue weighted by atomic mass is 35.5. The molecule has 2 atom stereocenters. The number of nitrogens with two attached hydrogens (primary N) is 1. The summed E-state index contributed by atoms with van der Waals surface area (Å²) in [6, 6.07) is 3.61. The third-order valence-corrected chi connectivity index (χ3v) is 5.33. The number of esters is 1. The van der Waals surface area contributed by atoms with Gasteiger partial charge >= 0.3 is 12.1 Å². The minimum absolute atomic E-state index is 0.0392. The van der Waals surface area contributed by atoms with E-state index < -0.39 is 34.4 Å². The lowest BCUT2D eigenvalue weighted by molar-refractivity contribution is -0.147. The molecule has 1 saturated carbocycles. The molecule has 0 heterocycles. The molecule has 7 heteroatoms. The summed E-state index contributed by atoms with van der Waals surface area (Å²) in [6.07, 6.45) is -3.70. The number of alkyl halides is 3. The number of allylic oxidation sites excluding steroid dienone is 2. The lowest BCUT2D eigenvalue weighted by Gasteiger charge is -2.13. The van der Waals surface area contributed by atoms with E-state index in [9.17, 15) is 18.0 Å². The van der Waals surface area contributed by atoms with Crippen molar-refractivity contribution < 1.29 is 22.7 Å². The first-order valence-corrected chi connectivity index (χ1v) is 8.21. The molecule has 0 bridgehead atoms. The van der Waals surface area contributed by atoms with Crippen molar-refractivity contribution >= 4 is 23.3 Å². The molecule has 1 aromatic rings. The van der Waals surface area contributed by atoms with E-state index in [0.29, 0.717) is 5.69 Å². The van der Waals surface area contributed by atoms with Gasteiger partial charge in [0.2, 0.25) is 0 Å². The van der Waals surface area contributed by atoms with Crippen LogP contribution in [0.3, 0.4) is 0 Å². The second-order valence-corrected chi connectivity index (χ2v) is 7.43. The van der Waals surface area contributed by atoms with Crippen LogP contribution in [-0.4, -0.2) is 12.1 Å². The Morgan fingerprint density at radius 1 is 1.36 bits per heavy atom. The van der Waals surface area contributed by atoms with Crippen molar-refractivity contribution in [1.82, 2.24) is 0 Å². The Kier molecular flexibility index (Phi) is 5.15. The number of ether oxygens (including phenoxy) is 1. The van der Waals surface area contributed by atoms with Gasteiger partial charge in [-0.1, -0.05) is 37.6 Å². The zero-order valence-corrected chi connectivity index (χ0v) is 15.3. The van der Waals surface area contributed by atoms with Crippen molar-refractivity contribution in [2.75, 3.05) is 5.73 Å². The molecular formula is C18H21ClF3NO2. The van der Waals surface area contributed by atoms with E-state index in [1.165, 1.54) is 0 Å². The minimum Gasteiger partial charge on any atom is -0.461 e. The molecule has 0 aliphatic heterocycles. The molecule has 0 unspecified atom stereocenters. The van der Waals surface area contributed by atoms with Crippen molar-refractivity contribution in [1.29, 1.82) is 0 Å². The first-order chi connectivity index (χ1) is 11.4. The molecule has 2 N–H and O–H groups in total. The Bertz CT molecular complexity index is 726. The molecule has 0 aromatic heterocycles. The number of rotatable bonds is 4. The summed E-state index contributed by atoms with van der Waals surface area (Å²) < 4.78 is 43.1. The fourth-order valence-electron chi connectivity index (χ4n) is 3.06. The monoisotopic (exact) mass is 375 g/mol. The van der Waals surface area contributed by atoms with Crippen molar-refractivity contribution in [2.45, 2.75) is 40.5 Å². The van der Waals surface area contributed by atoms with Crippen LogP contribution in [0.2, 0.25) is 0 Å². The lowest BCUT2D eigenvalue weighted by atomic mass is 10.0. The highest BCUT2D eigenvalue weighted by molar-refractivity contribution is 6.30. The van der Waals surface area contributed by atoms with Crippen molar-refractivity contribution in [3.05, 3.63) is 39.9 Å². The van der Waals surface area contributed by atoms with Gasteiger partial charge in [0.1, 0.15) is 11.6 Å². The maximum atomic E-state index is 12.6. The quantitative estimate of drug-likeness (QED) is 0.602. The SMILES string of the molecule is Cc1ccc(N)c(C)c1COC(=O)[C@@H]1[C@H](C=C(Cl)C(F)(F)F)C1(C)C. The number of nitrogen functional groups attached to an aromatic ring is 1. The second kappa shape index (κ2) is 6.56. The second-order valence-electron chi connectivity index (χ2n) is 7.02. The average molecular weight is 376 g/mol. The van der Waals surface area contributed by atoms with Crippen LogP contribution >= 0.6 is 11.6 Å². The smallest absolute Gasteiger partial charge is 0.426 e. The summed E-state index contributed by atoms with van der Waals surface area (Å²) in [5.41, 5.74) is 8.42. The van der Waals surface area contributed by atoms with Crippen LogP contribution < -0.4 is 5.73 Å². The van der Waals surface area contributed by atoms with Crippen LogP contribution in [0, 0.1) is 31.1 Å². The fraction of sp³-hybridized carbons (Fsp3) is 0.500. The van der Waals surface area contributed by atoms with Gasteiger partial charge in [-0.3, -0.25) is 4.79 Å². The van der Waals surface area contributed by atoms with Gasteiger partial charge in [0, 0.05) is 5.69 Å². The molecule has 25 heavy (non-hydrogen) atoms. The highest BCUT2D eigenvalue weighted by Crippen LogP contribution is 2.60. The molecule has 3 nitrogen and oxygen atoms in total. The number of hydrogen-bond acceptors (Lipinski definition) is 3. The molecule has 1 aromatic carbocycles. The summed E-state index contributed by atoms with van der Waals surface area (Å²) in [4.78, 5) is 12.3. The Hall–Kier alpha value is -1.69. The third-order valence-electron chi connectivity index (χ3n) is 4.99. The van der Waals surface area contributed by atoms with Crippen LogP contribution in [0.25, 0.3) is 0 Å². The number of carbonyl (C=O) groups excluding carboxylic acids is 1. The Morgan fingerprint density at radius 2 is 1.96 bits per heavy atom. The summed E-state index contributed by atoms with van der Waals surface area (Å²) in [7, 11) is 0. The topological polar surface area (TPSA) is 52.3 Å². The fourth-order valence-corrected chi connectivity index (χ4v) is 3.19. The normalized spacial score (nSPS) is 22.6. The molecule has 1 aliphatic carbocycles. The number of aryl methyl sites for hydroxylation is 1. The van der Waals surface area contributed by atoms with E-state index in [-0.39, 0.29) is 6.61 Å². The Labute approximate surface area is 150 Å². The van der Waals surface area contributed by atoms with Crippen LogP contribution in [0.15, 0.2) is 23.2 Å². The summed E-state index contributed by atoms with van der Waals surface area (Å²) >= 11 is 5.29. The summed E-state index contributed by atoms with van der Waals surface area (Å²) in [6.45, 7) is 7.19. The molecule has 1 fully saturated rings. The summed E-state index contributed by atoms with van der Waals surface area (Å²) in [5.74, 6) is -1.78. The van der Waals surface area contributed by atoms with E-state index in [2.05, 4.69) is 0 Å². The highest BCUT2D eigenvalue weighted by Gasteiger charge is 2.62. The number of halogens is 4. The van der Waals surface area contributed by atoms with Gasteiger partial charge in [-0.05, 0) is 47.9 Å². The van der Waals surface area contributed by atoms with Crippen LogP contribution in [-0.2, 0) is 16.1 Å². The summed E-state index contributed by atoms with van der Waals surface area (Å²) in [5, 5.41) is -1.21. The number of benzene rings is 1. The van der Waals surface area contributed by atoms with Crippen LogP contribution in [0.4, 0.5) is 18.9 Å². The molecule has 0 radical (unpaired) electrons. The zero-order valence-electron chi connectivity index (χ0n) is 14.5. The molecule has 0 amide bonds. The van der Waals surface area contributed by atoms with E-state index in [0.717, 1.165) is 22.8 Å². The average Bonchev–Trinajstić information content (AvgIpc) is 3.02. The van der Waals surface area contributed by atoms with Gasteiger partial charge in [-0.2, -0.15) is 13.2 Å². The predicted octanol–water partition coefficient (Wildman–Crippen LogP) is 4.89. The van der Waals surface area contributed by atoms with Gasteiger partial charge < -0.3 is 10.5 Å². The molecule has 138 valence electrons. The standard InChI is InChI=1S/C18H21ClF3NO2/c1-9-5-6-13(23)10(2)11(9)8-25-16(24)15-12(17(15,3)4)7-14(19)18(20,21)22/h5-7,12,15H,8,23H2,1-4H3/t12-,15-/m0/s1. The predicted molar refractivity (Wildman–Crippen MR) is 90.9 cm³/mol. The van der Waals surface area contributed by atoms with E-state index >= 15 is 0 Å². The van der Waals surface area contributed by atoms with Crippen LogP contribution in [0.1, 0.15) is 30.5 Å². The third kappa shape index (κ3) is 3.94. The molecule has 1 aliphatic rings. The van der Waals surface area contributed by atoms with Gasteiger partial charge in [0.15, 0.2) is 0 Å². The minimum atomic E-state index is -4.61. The Morgan fingerprint density at radius 3 is 2.52 bits per heavy atom.